The van der Waals surface area contributed by atoms with Gasteiger partial charge in [-0.15, -0.1) is 0 Å². The summed E-state index contributed by atoms with van der Waals surface area (Å²) in [5.74, 6) is -3.18. The molecule has 0 aliphatic heterocycles. The number of carboxylic acid groups (broad SMARTS) is 1. The lowest BCUT2D eigenvalue weighted by atomic mass is 9.82. The van der Waals surface area contributed by atoms with E-state index < -0.39 is 36.2 Å². The van der Waals surface area contributed by atoms with Gasteiger partial charge in [0.2, 0.25) is 0 Å². The van der Waals surface area contributed by atoms with E-state index in [2.05, 4.69) is 0 Å². The van der Waals surface area contributed by atoms with E-state index in [1.807, 2.05) is 20.8 Å². The predicted octanol–water partition coefficient (Wildman–Crippen LogP) is 4.65. The number of ether oxygens (including phenoxy) is 5. The molecule has 3 N–H and O–H groups in total. The number of hydrogen-bond acceptors (Lipinski definition) is 10. The van der Waals surface area contributed by atoms with Crippen LogP contribution >= 0.6 is 0 Å². The van der Waals surface area contributed by atoms with Crippen LogP contribution in [0.2, 0.25) is 0 Å². The van der Waals surface area contributed by atoms with E-state index in [1.165, 1.54) is 18.2 Å². The minimum atomic E-state index is -1.37. The molecule has 1 aromatic rings. The van der Waals surface area contributed by atoms with Crippen LogP contribution in [0.1, 0.15) is 71.8 Å². The largest absolute Gasteiger partial charge is 0.513 e. The predicted molar refractivity (Wildman–Crippen MR) is 134 cm³/mol. The molecule has 0 aliphatic carbocycles. The second kappa shape index (κ2) is 16.4. The second-order valence-corrected chi connectivity index (χ2v) is 8.87. The summed E-state index contributed by atoms with van der Waals surface area (Å²) in [6.45, 7) is 9.40. The molecular formula is C26H39NO10. The summed E-state index contributed by atoms with van der Waals surface area (Å²) in [6.07, 6.45) is 0.177. The van der Waals surface area contributed by atoms with Crippen molar-refractivity contribution in [3.05, 3.63) is 23.8 Å². The zero-order valence-electron chi connectivity index (χ0n) is 22.2. The first-order valence-corrected chi connectivity index (χ1v) is 12.5. The normalized spacial score (nSPS) is 14.0. The summed E-state index contributed by atoms with van der Waals surface area (Å²) in [4.78, 5) is 48.1. The Morgan fingerprint density at radius 1 is 0.892 bits per heavy atom. The average molecular weight is 526 g/mol. The van der Waals surface area contributed by atoms with Crippen molar-refractivity contribution in [3.63, 3.8) is 0 Å². The molecule has 0 bridgehead atoms. The van der Waals surface area contributed by atoms with Crippen molar-refractivity contribution < 1.29 is 48.0 Å². The van der Waals surface area contributed by atoms with Crippen LogP contribution in [0.4, 0.5) is 9.59 Å². The van der Waals surface area contributed by atoms with Gasteiger partial charge in [-0.2, -0.15) is 0 Å². The number of esters is 1. The van der Waals surface area contributed by atoms with Gasteiger partial charge in [-0.3, -0.25) is 9.59 Å². The number of rotatable bonds is 15. The lowest BCUT2D eigenvalue weighted by Gasteiger charge is -2.28. The van der Waals surface area contributed by atoms with Crippen molar-refractivity contribution in [3.8, 4) is 11.5 Å². The molecule has 0 aromatic heterocycles. The summed E-state index contributed by atoms with van der Waals surface area (Å²) in [5, 5.41) is 9.63. The Balaban J connectivity index is 3.27. The van der Waals surface area contributed by atoms with Gasteiger partial charge in [0.1, 0.15) is 6.04 Å². The Hall–Kier alpha value is -3.34. The molecule has 0 fully saturated rings. The maximum Gasteiger partial charge on any atom is 0.513 e. The highest BCUT2D eigenvalue weighted by Crippen LogP contribution is 2.36. The molecule has 0 saturated carbocycles. The molecule has 3 unspecified atom stereocenters. The van der Waals surface area contributed by atoms with Crippen LogP contribution in [0.3, 0.4) is 0 Å². The van der Waals surface area contributed by atoms with Gasteiger partial charge >= 0.3 is 24.2 Å². The van der Waals surface area contributed by atoms with Crippen molar-refractivity contribution in [1.82, 2.24) is 0 Å². The third-order valence-electron chi connectivity index (χ3n) is 5.59. The van der Waals surface area contributed by atoms with Crippen LogP contribution in [0.15, 0.2) is 18.2 Å². The van der Waals surface area contributed by atoms with E-state index in [1.54, 1.807) is 13.8 Å². The van der Waals surface area contributed by atoms with Gasteiger partial charge in [0.05, 0.1) is 19.8 Å². The fourth-order valence-electron chi connectivity index (χ4n) is 3.36. The molecule has 0 amide bonds. The van der Waals surface area contributed by atoms with Gasteiger partial charge in [0, 0.05) is 12.3 Å². The highest BCUT2D eigenvalue weighted by atomic mass is 16.7. The molecule has 4 atom stereocenters. The maximum absolute atomic E-state index is 12.2. The van der Waals surface area contributed by atoms with Crippen LogP contribution in [0.5, 0.6) is 11.5 Å². The standard InChI is InChI=1S/C26H39NO10/c1-6-11-33-25(31)36-19-10-9-18(14-20(19)37-26(32)34-12-7-2)22(23(27)24(29)30)17(5)15-35-21(28)13-16(4)8-3/h9-10,14,16-17,22-23H,6-8,11-13,15,27H2,1-5H3,(H,29,30)/t16?,17?,22?,23-/m0/s1. The number of hydrogen-bond donors (Lipinski definition) is 2. The third kappa shape index (κ3) is 11.1. The Morgan fingerprint density at radius 3 is 1.97 bits per heavy atom. The summed E-state index contributed by atoms with van der Waals surface area (Å²) in [7, 11) is 0. The molecule has 1 rings (SSSR count). The maximum atomic E-state index is 12.2. The van der Waals surface area contributed by atoms with Gasteiger partial charge in [-0.1, -0.05) is 47.1 Å². The molecule has 0 radical (unpaired) electrons. The molecule has 0 spiro atoms. The Morgan fingerprint density at radius 2 is 1.46 bits per heavy atom. The first kappa shape index (κ1) is 31.7. The van der Waals surface area contributed by atoms with Crippen molar-refractivity contribution in [1.29, 1.82) is 0 Å². The number of carbonyl (C=O) groups is 4. The molecule has 37 heavy (non-hydrogen) atoms. The van der Waals surface area contributed by atoms with Gasteiger partial charge in [-0.25, -0.2) is 9.59 Å². The number of carboxylic acids is 1. The van der Waals surface area contributed by atoms with Crippen LogP contribution in [0, 0.1) is 11.8 Å². The van der Waals surface area contributed by atoms with Crippen molar-refractivity contribution in [2.45, 2.75) is 72.3 Å². The summed E-state index contributed by atoms with van der Waals surface area (Å²) < 4.78 is 25.7. The monoisotopic (exact) mass is 525 g/mol. The molecule has 1 aromatic carbocycles. The van der Waals surface area contributed by atoms with E-state index in [-0.39, 0.29) is 49.6 Å². The molecule has 208 valence electrons. The van der Waals surface area contributed by atoms with Crippen LogP contribution in [-0.2, 0) is 23.8 Å². The van der Waals surface area contributed by atoms with E-state index in [9.17, 15) is 24.3 Å². The number of nitrogens with two attached hydrogens (primary N) is 1. The Labute approximate surface area is 217 Å². The number of carbonyl (C=O) groups excluding carboxylic acids is 3. The smallest absolute Gasteiger partial charge is 0.480 e. The van der Waals surface area contributed by atoms with Crippen LogP contribution < -0.4 is 15.2 Å². The molecule has 0 saturated heterocycles. The van der Waals surface area contributed by atoms with Crippen molar-refractivity contribution >= 4 is 24.2 Å². The summed E-state index contributed by atoms with van der Waals surface area (Å²) >= 11 is 0. The molecule has 11 heteroatoms. The highest BCUT2D eigenvalue weighted by molar-refractivity contribution is 5.75. The number of aliphatic carboxylic acids is 1. The summed E-state index contributed by atoms with van der Waals surface area (Å²) in [6, 6.07) is 2.82. The van der Waals surface area contributed by atoms with E-state index >= 15 is 0 Å². The fraction of sp³-hybridized carbons (Fsp3) is 0.615. The minimum absolute atomic E-state index is 0.0722. The van der Waals surface area contributed by atoms with Crippen molar-refractivity contribution in [2.24, 2.45) is 17.6 Å². The first-order valence-electron chi connectivity index (χ1n) is 12.5. The fourth-order valence-corrected chi connectivity index (χ4v) is 3.36. The van der Waals surface area contributed by atoms with Crippen LogP contribution in [-0.4, -0.2) is 55.2 Å². The molecule has 0 aliphatic rings. The summed E-state index contributed by atoms with van der Waals surface area (Å²) in [5.41, 5.74) is 6.38. The van der Waals surface area contributed by atoms with Gasteiger partial charge in [0.15, 0.2) is 11.5 Å². The molecule has 11 nitrogen and oxygen atoms in total. The Kier molecular flexibility index (Phi) is 14.1. The van der Waals surface area contributed by atoms with Gasteiger partial charge in [0.25, 0.3) is 0 Å². The Bertz CT molecular complexity index is 903. The van der Waals surface area contributed by atoms with E-state index in [4.69, 9.17) is 29.4 Å². The van der Waals surface area contributed by atoms with Gasteiger partial charge in [-0.05, 0) is 42.4 Å². The number of benzene rings is 1. The average Bonchev–Trinajstić information content (AvgIpc) is 2.86. The molecular weight excluding hydrogens is 486 g/mol. The zero-order valence-corrected chi connectivity index (χ0v) is 22.2. The van der Waals surface area contributed by atoms with Crippen molar-refractivity contribution in [2.75, 3.05) is 19.8 Å². The minimum Gasteiger partial charge on any atom is -0.480 e. The van der Waals surface area contributed by atoms with Gasteiger partial charge < -0.3 is 34.5 Å². The van der Waals surface area contributed by atoms with Crippen LogP contribution in [0.25, 0.3) is 0 Å². The highest BCUT2D eigenvalue weighted by Gasteiger charge is 2.33. The zero-order chi connectivity index (χ0) is 28.0. The van der Waals surface area contributed by atoms with E-state index in [0.29, 0.717) is 18.4 Å². The topological polar surface area (TPSA) is 161 Å². The lowest BCUT2D eigenvalue weighted by molar-refractivity contribution is -0.146. The lowest BCUT2D eigenvalue weighted by Crippen LogP contribution is -2.40. The third-order valence-corrected chi connectivity index (χ3v) is 5.59. The van der Waals surface area contributed by atoms with E-state index in [0.717, 1.165) is 6.42 Å². The SMILES string of the molecule is CCCOC(=O)Oc1ccc(C(C(C)COC(=O)CC(C)CC)[C@H](N)C(=O)O)cc1OC(=O)OCCC. The first-order chi connectivity index (χ1) is 17.5. The molecule has 0 heterocycles. The quantitative estimate of drug-likeness (QED) is 0.186. The second-order valence-electron chi connectivity index (χ2n) is 8.87.